The minimum absolute atomic E-state index is 0.0394. The van der Waals surface area contributed by atoms with Crippen molar-refractivity contribution in [3.05, 3.63) is 60.2 Å². The van der Waals surface area contributed by atoms with E-state index >= 15 is 0 Å². The molecule has 5 rings (SSSR count). The van der Waals surface area contributed by atoms with E-state index in [1.165, 1.54) is 25.0 Å². The number of carbonyl (C=O) groups excluding carboxylic acids is 1. The monoisotopic (exact) mass is 404 g/mol. The first kappa shape index (κ1) is 18.5. The Morgan fingerprint density at radius 1 is 1.00 bits per heavy atom. The third-order valence-electron chi connectivity index (χ3n) is 5.39. The Morgan fingerprint density at radius 3 is 2.60 bits per heavy atom. The van der Waals surface area contributed by atoms with Gasteiger partial charge in [-0.15, -0.1) is 0 Å². The van der Waals surface area contributed by atoms with Crippen LogP contribution in [0.2, 0.25) is 0 Å². The van der Waals surface area contributed by atoms with Crippen molar-refractivity contribution in [1.82, 2.24) is 9.97 Å². The third-order valence-corrected chi connectivity index (χ3v) is 5.39. The summed E-state index contributed by atoms with van der Waals surface area (Å²) in [5, 5.41) is 3.53. The number of furan rings is 1. The molecule has 1 aliphatic rings. The summed E-state index contributed by atoms with van der Waals surface area (Å²) < 4.78 is 19.6. The number of aromatic nitrogens is 2. The molecule has 0 saturated carbocycles. The molecule has 2 aromatic carbocycles. The molecule has 6 nitrogen and oxygen atoms in total. The summed E-state index contributed by atoms with van der Waals surface area (Å²) in [6.45, 7) is 1.71. The maximum atomic E-state index is 13.5. The third kappa shape index (κ3) is 3.47. The molecule has 0 bridgehead atoms. The van der Waals surface area contributed by atoms with Crippen molar-refractivity contribution in [3.63, 3.8) is 0 Å². The van der Waals surface area contributed by atoms with Crippen molar-refractivity contribution >= 4 is 39.5 Å². The Labute approximate surface area is 172 Å². The lowest BCUT2D eigenvalue weighted by molar-refractivity contribution is 0.101. The SMILES string of the molecule is O=C(Nc1cccc(F)c1)c1nc(N2CCCCCC2)c2oc3ccccc3c2n1. The Bertz CT molecular complexity index is 1230. The molecule has 0 aliphatic carbocycles. The van der Waals surface area contributed by atoms with Crippen LogP contribution in [-0.2, 0) is 0 Å². The first-order valence-corrected chi connectivity index (χ1v) is 10.2. The maximum absolute atomic E-state index is 13.5. The van der Waals surface area contributed by atoms with Gasteiger partial charge in [-0.3, -0.25) is 4.79 Å². The fourth-order valence-electron chi connectivity index (χ4n) is 3.93. The van der Waals surface area contributed by atoms with Crippen LogP contribution in [0.1, 0.15) is 36.3 Å². The largest absolute Gasteiger partial charge is 0.450 e. The van der Waals surface area contributed by atoms with E-state index in [0.29, 0.717) is 28.2 Å². The van der Waals surface area contributed by atoms with Crippen LogP contribution in [0.3, 0.4) is 0 Å². The van der Waals surface area contributed by atoms with Crippen LogP contribution < -0.4 is 10.2 Å². The van der Waals surface area contributed by atoms with E-state index in [1.54, 1.807) is 12.1 Å². The van der Waals surface area contributed by atoms with Crippen molar-refractivity contribution in [2.75, 3.05) is 23.3 Å². The molecule has 7 heteroatoms. The van der Waals surface area contributed by atoms with Gasteiger partial charge >= 0.3 is 0 Å². The number of anilines is 2. The number of nitrogens with zero attached hydrogens (tertiary/aromatic N) is 3. The molecule has 0 unspecified atom stereocenters. The van der Waals surface area contributed by atoms with Crippen LogP contribution in [0.25, 0.3) is 22.1 Å². The van der Waals surface area contributed by atoms with Crippen molar-refractivity contribution in [2.45, 2.75) is 25.7 Å². The standard InChI is InChI=1S/C23H21FN4O2/c24-15-8-7-9-16(14-15)25-23(29)21-26-19-17-10-3-4-11-18(17)30-20(19)22(27-21)28-12-5-1-2-6-13-28/h3-4,7-11,14H,1-2,5-6,12-13H2,(H,25,29). The molecule has 30 heavy (non-hydrogen) atoms. The predicted octanol–water partition coefficient (Wildman–Crippen LogP) is 5.15. The molecule has 1 amide bonds. The number of carbonyl (C=O) groups is 1. The van der Waals surface area contributed by atoms with Crippen molar-refractivity contribution < 1.29 is 13.6 Å². The van der Waals surface area contributed by atoms with Gasteiger partial charge in [0.1, 0.15) is 16.9 Å². The number of amides is 1. The number of hydrogen-bond donors (Lipinski definition) is 1. The van der Waals surface area contributed by atoms with E-state index in [0.717, 1.165) is 31.3 Å². The van der Waals surface area contributed by atoms with Crippen LogP contribution >= 0.6 is 0 Å². The van der Waals surface area contributed by atoms with E-state index in [4.69, 9.17) is 4.42 Å². The first-order valence-electron chi connectivity index (χ1n) is 10.2. The van der Waals surface area contributed by atoms with Gasteiger partial charge in [-0.2, -0.15) is 0 Å². The molecule has 1 fully saturated rings. The number of halogens is 1. The molecule has 0 spiro atoms. The average Bonchev–Trinajstić information content (AvgIpc) is 2.92. The fourth-order valence-corrected chi connectivity index (χ4v) is 3.93. The summed E-state index contributed by atoms with van der Waals surface area (Å²) in [7, 11) is 0. The average molecular weight is 404 g/mol. The van der Waals surface area contributed by atoms with Crippen molar-refractivity contribution in [1.29, 1.82) is 0 Å². The van der Waals surface area contributed by atoms with Gasteiger partial charge in [-0.1, -0.05) is 31.0 Å². The van der Waals surface area contributed by atoms with Gasteiger partial charge < -0.3 is 14.6 Å². The Balaban J connectivity index is 1.62. The lowest BCUT2D eigenvalue weighted by Gasteiger charge is -2.21. The van der Waals surface area contributed by atoms with Gasteiger partial charge in [-0.25, -0.2) is 14.4 Å². The topological polar surface area (TPSA) is 71.3 Å². The highest BCUT2D eigenvalue weighted by molar-refractivity contribution is 6.09. The summed E-state index contributed by atoms with van der Waals surface area (Å²) >= 11 is 0. The summed E-state index contributed by atoms with van der Waals surface area (Å²) in [5.41, 5.74) is 2.28. The second-order valence-corrected chi connectivity index (χ2v) is 7.51. The Morgan fingerprint density at radius 2 is 1.80 bits per heavy atom. The van der Waals surface area contributed by atoms with Gasteiger partial charge in [0.05, 0.1) is 0 Å². The lowest BCUT2D eigenvalue weighted by Crippen LogP contribution is -2.26. The van der Waals surface area contributed by atoms with Crippen molar-refractivity contribution in [3.8, 4) is 0 Å². The molecule has 1 saturated heterocycles. The minimum Gasteiger partial charge on any atom is -0.450 e. The van der Waals surface area contributed by atoms with Gasteiger partial charge in [0.15, 0.2) is 11.4 Å². The van der Waals surface area contributed by atoms with E-state index in [2.05, 4.69) is 20.2 Å². The maximum Gasteiger partial charge on any atom is 0.293 e. The summed E-state index contributed by atoms with van der Waals surface area (Å²) in [5.74, 6) is -0.223. The van der Waals surface area contributed by atoms with E-state index < -0.39 is 11.7 Å². The zero-order chi connectivity index (χ0) is 20.5. The number of hydrogen-bond acceptors (Lipinski definition) is 5. The van der Waals surface area contributed by atoms with Crippen LogP contribution in [0.4, 0.5) is 15.9 Å². The lowest BCUT2D eigenvalue weighted by atomic mass is 10.2. The summed E-state index contributed by atoms with van der Waals surface area (Å²) in [6.07, 6.45) is 4.49. The fraction of sp³-hybridized carbons (Fsp3) is 0.261. The highest BCUT2D eigenvalue weighted by atomic mass is 19.1. The molecule has 0 atom stereocenters. The van der Waals surface area contributed by atoms with Crippen LogP contribution in [0, 0.1) is 5.82 Å². The minimum atomic E-state index is -0.483. The zero-order valence-electron chi connectivity index (χ0n) is 16.4. The van der Waals surface area contributed by atoms with E-state index in [9.17, 15) is 9.18 Å². The van der Waals surface area contributed by atoms with Gasteiger partial charge in [0.2, 0.25) is 5.82 Å². The predicted molar refractivity (Wildman–Crippen MR) is 114 cm³/mol. The number of benzene rings is 2. The quantitative estimate of drug-likeness (QED) is 0.511. The number of fused-ring (bicyclic) bond motifs is 3. The second-order valence-electron chi connectivity index (χ2n) is 7.51. The van der Waals surface area contributed by atoms with Crippen LogP contribution in [0.15, 0.2) is 52.9 Å². The molecule has 4 aromatic rings. The highest BCUT2D eigenvalue weighted by Gasteiger charge is 2.23. The molecule has 3 heterocycles. The molecular formula is C23H21FN4O2. The number of rotatable bonds is 3. The van der Waals surface area contributed by atoms with Gasteiger partial charge in [0.25, 0.3) is 5.91 Å². The zero-order valence-corrected chi connectivity index (χ0v) is 16.4. The molecule has 1 aliphatic heterocycles. The molecule has 2 aromatic heterocycles. The normalized spacial score (nSPS) is 14.8. The van der Waals surface area contributed by atoms with Crippen molar-refractivity contribution in [2.24, 2.45) is 0 Å². The number of para-hydroxylation sites is 1. The number of nitrogens with one attached hydrogen (secondary N) is 1. The summed E-state index contributed by atoms with van der Waals surface area (Å²) in [6, 6.07) is 13.4. The first-order chi connectivity index (χ1) is 14.7. The van der Waals surface area contributed by atoms with E-state index in [1.807, 2.05) is 24.3 Å². The second kappa shape index (κ2) is 7.74. The Kier molecular flexibility index (Phi) is 4.78. The van der Waals surface area contributed by atoms with E-state index in [-0.39, 0.29) is 5.82 Å². The highest BCUT2D eigenvalue weighted by Crippen LogP contribution is 2.34. The molecular weight excluding hydrogens is 383 g/mol. The molecule has 1 N–H and O–H groups in total. The Hall–Kier alpha value is -3.48. The van der Waals surface area contributed by atoms with Crippen LogP contribution in [0.5, 0.6) is 0 Å². The van der Waals surface area contributed by atoms with Crippen LogP contribution in [-0.4, -0.2) is 29.0 Å². The van der Waals surface area contributed by atoms with Gasteiger partial charge in [0, 0.05) is 24.2 Å². The smallest absolute Gasteiger partial charge is 0.293 e. The molecule has 152 valence electrons. The molecule has 0 radical (unpaired) electrons. The van der Waals surface area contributed by atoms with Gasteiger partial charge in [-0.05, 0) is 43.2 Å². The summed E-state index contributed by atoms with van der Waals surface area (Å²) in [4.78, 5) is 24.2.